The van der Waals surface area contributed by atoms with E-state index in [1.165, 1.54) is 43.3 Å². The number of carbonyl (C=O) groups excluding carboxylic acids is 3. The lowest BCUT2D eigenvalue weighted by molar-refractivity contribution is -0.384. The van der Waals surface area contributed by atoms with Gasteiger partial charge in [-0.25, -0.2) is 4.39 Å². The van der Waals surface area contributed by atoms with E-state index in [2.05, 4.69) is 0 Å². The summed E-state index contributed by atoms with van der Waals surface area (Å²) in [5, 5.41) is 11.3. The zero-order valence-corrected chi connectivity index (χ0v) is 19.1. The molecule has 3 aromatic rings. The Balaban J connectivity index is 1.66. The first-order valence-electron chi connectivity index (χ1n) is 11.5. The number of carbonyl (C=O) groups is 3. The second-order valence-corrected chi connectivity index (χ2v) is 9.37. The molecule has 2 aliphatic heterocycles. The number of nitro benzene ring substituents is 1. The molecule has 3 aromatic carbocycles. The number of benzene rings is 3. The van der Waals surface area contributed by atoms with Gasteiger partial charge in [0.05, 0.1) is 17.0 Å². The molecule has 0 bridgehead atoms. The third-order valence-corrected chi connectivity index (χ3v) is 7.65. The van der Waals surface area contributed by atoms with Gasteiger partial charge in [-0.2, -0.15) is 0 Å². The molecule has 3 unspecified atom stereocenters. The Morgan fingerprint density at radius 2 is 1.64 bits per heavy atom. The van der Waals surface area contributed by atoms with Gasteiger partial charge in [0.15, 0.2) is 17.3 Å². The lowest BCUT2D eigenvalue weighted by atomic mass is 9.64. The van der Waals surface area contributed by atoms with Crippen LogP contribution in [0.3, 0.4) is 0 Å². The molecule has 6 rings (SSSR count). The highest BCUT2D eigenvalue weighted by molar-refractivity contribution is 6.32. The Morgan fingerprint density at radius 1 is 1.00 bits per heavy atom. The van der Waals surface area contributed by atoms with E-state index in [0.29, 0.717) is 16.8 Å². The van der Waals surface area contributed by atoms with E-state index in [9.17, 15) is 28.9 Å². The maximum atomic E-state index is 14.2. The number of Topliss-reactive ketones (excluding diaryl/α,β-unsaturated/α-hetero) is 3. The number of fused-ring (bicyclic) bond motifs is 5. The van der Waals surface area contributed by atoms with Gasteiger partial charge in [-0.3, -0.25) is 24.5 Å². The number of rotatable bonds is 3. The van der Waals surface area contributed by atoms with E-state index in [1.807, 2.05) is 0 Å². The van der Waals surface area contributed by atoms with Crippen LogP contribution in [-0.4, -0.2) is 34.4 Å². The Hall–Kier alpha value is -4.46. The smallest absolute Gasteiger partial charge is 0.269 e. The SMILES string of the molecule is CC(=O)C1C(c2ccc([N+](=O)[O-])cc2)C2(C(=O)c3ccccc3C2=O)C2C=Cc3cc(F)ccc3N12. The summed E-state index contributed by atoms with van der Waals surface area (Å²) in [7, 11) is 0. The van der Waals surface area contributed by atoms with Gasteiger partial charge in [-0.15, -0.1) is 0 Å². The first-order valence-corrected chi connectivity index (χ1v) is 11.5. The molecule has 8 heteroatoms. The molecule has 7 nitrogen and oxygen atoms in total. The summed E-state index contributed by atoms with van der Waals surface area (Å²) >= 11 is 0. The molecular formula is C28H19FN2O5. The van der Waals surface area contributed by atoms with Crippen molar-refractivity contribution in [2.75, 3.05) is 4.90 Å². The minimum Gasteiger partial charge on any atom is -0.352 e. The molecule has 1 spiro atoms. The van der Waals surface area contributed by atoms with Gasteiger partial charge in [0.25, 0.3) is 5.69 Å². The van der Waals surface area contributed by atoms with Crippen molar-refractivity contribution >= 4 is 34.8 Å². The van der Waals surface area contributed by atoms with Crippen LogP contribution in [0.1, 0.15) is 44.7 Å². The van der Waals surface area contributed by atoms with Gasteiger partial charge in [-0.05, 0) is 30.7 Å². The fourth-order valence-corrected chi connectivity index (χ4v) is 6.28. The van der Waals surface area contributed by atoms with Crippen molar-refractivity contribution in [3.8, 4) is 0 Å². The molecule has 1 saturated heterocycles. The van der Waals surface area contributed by atoms with Crippen molar-refractivity contribution in [2.45, 2.75) is 24.9 Å². The van der Waals surface area contributed by atoms with Crippen molar-refractivity contribution in [1.29, 1.82) is 0 Å². The molecular weight excluding hydrogens is 463 g/mol. The molecule has 0 radical (unpaired) electrons. The predicted molar refractivity (Wildman–Crippen MR) is 130 cm³/mol. The molecule has 3 atom stereocenters. The number of hydrogen-bond donors (Lipinski definition) is 0. The molecule has 0 N–H and O–H groups in total. The van der Waals surface area contributed by atoms with Crippen molar-refractivity contribution in [1.82, 2.24) is 0 Å². The van der Waals surface area contributed by atoms with Crippen LogP contribution in [0.4, 0.5) is 15.8 Å². The second-order valence-electron chi connectivity index (χ2n) is 9.37. The van der Waals surface area contributed by atoms with Crippen molar-refractivity contribution in [3.05, 3.63) is 111 Å². The van der Waals surface area contributed by atoms with E-state index >= 15 is 0 Å². The monoisotopic (exact) mass is 482 g/mol. The standard InChI is InChI=1S/C28H19FN2O5/c1-15(32)25-24(16-6-10-19(11-7-16)31(35)36)28(26(33)20-4-2-3-5-21(20)27(28)34)23-13-8-17-14-18(29)9-12-22(17)30(23)25/h2-14,23-25H,1H3. The van der Waals surface area contributed by atoms with E-state index in [1.54, 1.807) is 47.4 Å². The van der Waals surface area contributed by atoms with Crippen LogP contribution < -0.4 is 4.90 Å². The number of halogens is 1. The van der Waals surface area contributed by atoms with Crippen molar-refractivity contribution in [3.63, 3.8) is 0 Å². The summed E-state index contributed by atoms with van der Waals surface area (Å²) in [6.07, 6.45) is 3.38. The number of nitro groups is 1. The highest BCUT2D eigenvalue weighted by Gasteiger charge is 2.71. The van der Waals surface area contributed by atoms with E-state index in [-0.39, 0.29) is 34.2 Å². The quantitative estimate of drug-likeness (QED) is 0.303. The minimum atomic E-state index is -1.67. The molecule has 2 heterocycles. The topological polar surface area (TPSA) is 97.6 Å². The van der Waals surface area contributed by atoms with Crippen molar-refractivity contribution < 1.29 is 23.7 Å². The summed E-state index contributed by atoms with van der Waals surface area (Å²) in [6, 6.07) is 14.7. The lowest BCUT2D eigenvalue weighted by Gasteiger charge is -2.37. The zero-order valence-electron chi connectivity index (χ0n) is 19.1. The Morgan fingerprint density at radius 3 is 2.22 bits per heavy atom. The van der Waals surface area contributed by atoms with Gasteiger partial charge in [-0.1, -0.05) is 48.6 Å². The summed E-state index contributed by atoms with van der Waals surface area (Å²) in [5.74, 6) is -2.42. The highest BCUT2D eigenvalue weighted by atomic mass is 19.1. The fraction of sp³-hybridized carbons (Fsp3) is 0.179. The van der Waals surface area contributed by atoms with Crippen LogP contribution in [0.15, 0.2) is 72.8 Å². The van der Waals surface area contributed by atoms with Gasteiger partial charge in [0.2, 0.25) is 0 Å². The van der Waals surface area contributed by atoms with Crippen LogP contribution in [0.5, 0.6) is 0 Å². The lowest BCUT2D eigenvalue weighted by Crippen LogP contribution is -2.48. The molecule has 0 aromatic heterocycles. The molecule has 0 amide bonds. The molecule has 178 valence electrons. The largest absolute Gasteiger partial charge is 0.352 e. The third kappa shape index (κ3) is 2.69. The van der Waals surface area contributed by atoms with Gasteiger partial charge < -0.3 is 4.90 Å². The minimum absolute atomic E-state index is 0.143. The molecule has 1 aliphatic carbocycles. The van der Waals surface area contributed by atoms with Crippen LogP contribution in [0.25, 0.3) is 6.08 Å². The summed E-state index contributed by atoms with van der Waals surface area (Å²) in [6.45, 7) is 1.40. The third-order valence-electron chi connectivity index (χ3n) is 7.65. The van der Waals surface area contributed by atoms with Gasteiger partial charge in [0, 0.05) is 40.4 Å². The highest BCUT2D eigenvalue weighted by Crippen LogP contribution is 2.60. The first-order chi connectivity index (χ1) is 17.3. The van der Waals surface area contributed by atoms with Crippen LogP contribution in [0.2, 0.25) is 0 Å². The Bertz CT molecular complexity index is 1490. The predicted octanol–water partition coefficient (Wildman–Crippen LogP) is 4.76. The Kier molecular flexibility index (Phi) is 4.60. The van der Waals surface area contributed by atoms with Crippen LogP contribution in [0, 0.1) is 21.3 Å². The van der Waals surface area contributed by atoms with E-state index in [0.717, 1.165) is 0 Å². The van der Waals surface area contributed by atoms with Crippen LogP contribution >= 0.6 is 0 Å². The molecule has 3 aliphatic rings. The zero-order chi connectivity index (χ0) is 25.4. The maximum absolute atomic E-state index is 14.2. The average Bonchev–Trinajstić information content (AvgIpc) is 3.30. The van der Waals surface area contributed by atoms with Crippen molar-refractivity contribution in [2.24, 2.45) is 5.41 Å². The van der Waals surface area contributed by atoms with E-state index < -0.39 is 34.2 Å². The molecule has 1 fully saturated rings. The average molecular weight is 482 g/mol. The molecule has 36 heavy (non-hydrogen) atoms. The maximum Gasteiger partial charge on any atom is 0.269 e. The second kappa shape index (κ2) is 7.52. The Labute approximate surface area is 205 Å². The van der Waals surface area contributed by atoms with Crippen LogP contribution in [-0.2, 0) is 4.79 Å². The number of non-ortho nitro benzene ring substituents is 1. The molecule has 0 saturated carbocycles. The van der Waals surface area contributed by atoms with Gasteiger partial charge in [0.1, 0.15) is 11.2 Å². The summed E-state index contributed by atoms with van der Waals surface area (Å²) in [4.78, 5) is 54.2. The van der Waals surface area contributed by atoms with E-state index in [4.69, 9.17) is 0 Å². The number of ketones is 3. The normalized spacial score (nSPS) is 22.9. The summed E-state index contributed by atoms with van der Waals surface area (Å²) in [5.41, 5.74) is 0.321. The number of anilines is 1. The summed E-state index contributed by atoms with van der Waals surface area (Å²) < 4.78 is 14.1. The fourth-order valence-electron chi connectivity index (χ4n) is 6.28. The number of nitrogens with zero attached hydrogens (tertiary/aromatic N) is 2. The number of hydrogen-bond acceptors (Lipinski definition) is 6. The van der Waals surface area contributed by atoms with Gasteiger partial charge >= 0.3 is 0 Å². The first kappa shape index (κ1) is 22.0.